The molecule has 0 radical (unpaired) electrons. The first-order chi connectivity index (χ1) is 9.06. The predicted molar refractivity (Wildman–Crippen MR) is 72.3 cm³/mol. The van der Waals surface area contributed by atoms with Gasteiger partial charge in [0.25, 0.3) is 5.56 Å². The van der Waals surface area contributed by atoms with Gasteiger partial charge < -0.3 is 4.98 Å². The van der Waals surface area contributed by atoms with Crippen molar-refractivity contribution in [1.82, 2.24) is 4.98 Å². The Morgan fingerprint density at radius 1 is 1.16 bits per heavy atom. The lowest BCUT2D eigenvalue weighted by Gasteiger charge is -2.04. The fraction of sp³-hybridized carbons (Fsp3) is 0.267. The lowest BCUT2D eigenvalue weighted by molar-refractivity contribution is 0.574. The highest BCUT2D eigenvalue weighted by atomic mass is 19.1. The van der Waals surface area contributed by atoms with Crippen molar-refractivity contribution in [3.63, 3.8) is 0 Å². The number of rotatable bonds is 2. The normalized spacial score (nSPS) is 9.74. The summed E-state index contributed by atoms with van der Waals surface area (Å²) >= 11 is 0. The molecular weight excluding hydrogens is 248 g/mol. The molecule has 102 valence electrons. The Morgan fingerprint density at radius 3 is 2.42 bits per heavy atom. The first kappa shape index (κ1) is 15.1. The van der Waals surface area contributed by atoms with Gasteiger partial charge >= 0.3 is 0 Å². The van der Waals surface area contributed by atoms with Gasteiger partial charge in [0.2, 0.25) is 0 Å². The van der Waals surface area contributed by atoms with Crippen LogP contribution in [0.1, 0.15) is 30.5 Å². The summed E-state index contributed by atoms with van der Waals surface area (Å²) in [5.74, 6) is -1.17. The molecule has 0 atom stereocenters. The van der Waals surface area contributed by atoms with Crippen LogP contribution in [-0.2, 0) is 6.42 Å². The van der Waals surface area contributed by atoms with Crippen molar-refractivity contribution < 1.29 is 8.78 Å². The Kier molecular flexibility index (Phi) is 5.42. The highest BCUT2D eigenvalue weighted by molar-refractivity contribution is 5.27. The van der Waals surface area contributed by atoms with E-state index in [1.807, 2.05) is 13.8 Å². The Bertz CT molecular complexity index is 605. The van der Waals surface area contributed by atoms with Gasteiger partial charge in [-0.2, -0.15) is 0 Å². The fourth-order valence-electron chi connectivity index (χ4n) is 1.64. The zero-order valence-electron chi connectivity index (χ0n) is 11.3. The first-order valence-electron chi connectivity index (χ1n) is 6.18. The molecule has 0 saturated carbocycles. The summed E-state index contributed by atoms with van der Waals surface area (Å²) < 4.78 is 26.1. The highest BCUT2D eigenvalue weighted by Gasteiger charge is 2.05. The van der Waals surface area contributed by atoms with E-state index in [2.05, 4.69) is 4.98 Å². The quantitative estimate of drug-likeness (QED) is 0.884. The summed E-state index contributed by atoms with van der Waals surface area (Å²) in [7, 11) is 0. The number of hydrogen-bond acceptors (Lipinski definition) is 1. The van der Waals surface area contributed by atoms with E-state index in [-0.39, 0.29) is 5.56 Å². The second-order valence-electron chi connectivity index (χ2n) is 3.93. The molecule has 0 aliphatic rings. The van der Waals surface area contributed by atoms with E-state index in [1.54, 1.807) is 13.0 Å². The minimum Gasteiger partial charge on any atom is -0.329 e. The van der Waals surface area contributed by atoms with Gasteiger partial charge in [-0.25, -0.2) is 8.78 Å². The molecule has 2 aromatic rings. The number of aryl methyl sites for hydroxylation is 1. The average molecular weight is 265 g/mol. The molecule has 1 heterocycles. The third-order valence-electron chi connectivity index (χ3n) is 2.56. The number of benzene rings is 1. The fourth-order valence-corrected chi connectivity index (χ4v) is 1.64. The summed E-state index contributed by atoms with van der Waals surface area (Å²) in [6.07, 6.45) is 1.86. The van der Waals surface area contributed by atoms with Crippen LogP contribution in [0.15, 0.2) is 35.3 Å². The van der Waals surface area contributed by atoms with Crippen molar-refractivity contribution >= 4 is 0 Å². The second-order valence-corrected chi connectivity index (χ2v) is 3.93. The van der Waals surface area contributed by atoms with Crippen LogP contribution in [0.5, 0.6) is 0 Å². The smallest absolute Gasteiger partial charge is 0.250 e. The van der Waals surface area contributed by atoms with Crippen molar-refractivity contribution in [3.8, 4) is 0 Å². The molecule has 1 aromatic carbocycles. The lowest BCUT2D eigenvalue weighted by Crippen LogP contribution is -2.09. The summed E-state index contributed by atoms with van der Waals surface area (Å²) in [6, 6.07) is 5.18. The highest BCUT2D eigenvalue weighted by Crippen LogP contribution is 2.14. The third kappa shape index (κ3) is 4.02. The molecule has 19 heavy (non-hydrogen) atoms. The molecule has 1 N–H and O–H groups in total. The van der Waals surface area contributed by atoms with Gasteiger partial charge in [0.15, 0.2) is 0 Å². The van der Waals surface area contributed by atoms with Crippen LogP contribution in [-0.4, -0.2) is 4.98 Å². The first-order valence-corrected chi connectivity index (χ1v) is 6.18. The van der Waals surface area contributed by atoms with Crippen LogP contribution in [0.25, 0.3) is 0 Å². The number of H-pyrrole nitrogens is 1. The average Bonchev–Trinajstić information content (AvgIpc) is 2.39. The number of pyridine rings is 1. The van der Waals surface area contributed by atoms with Gasteiger partial charge in [-0.3, -0.25) is 4.79 Å². The molecule has 0 aliphatic carbocycles. The largest absolute Gasteiger partial charge is 0.329 e. The number of nitrogens with one attached hydrogen (secondary N) is 1. The molecule has 0 spiro atoms. The van der Waals surface area contributed by atoms with Crippen LogP contribution >= 0.6 is 0 Å². The van der Waals surface area contributed by atoms with E-state index in [0.29, 0.717) is 17.5 Å². The Morgan fingerprint density at radius 2 is 1.84 bits per heavy atom. The van der Waals surface area contributed by atoms with Crippen LogP contribution in [0.2, 0.25) is 0 Å². The molecule has 0 bridgehead atoms. The minimum absolute atomic E-state index is 0.159. The third-order valence-corrected chi connectivity index (χ3v) is 2.56. The molecular formula is C15H17F2NO. The Hall–Kier alpha value is -1.97. The van der Waals surface area contributed by atoms with E-state index in [9.17, 15) is 13.6 Å². The molecule has 0 fully saturated rings. The molecule has 2 rings (SSSR count). The topological polar surface area (TPSA) is 32.9 Å². The molecule has 0 unspecified atom stereocenters. The second kappa shape index (κ2) is 6.83. The Balaban J connectivity index is 0.000000861. The van der Waals surface area contributed by atoms with Crippen LogP contribution < -0.4 is 5.56 Å². The van der Waals surface area contributed by atoms with Crippen molar-refractivity contribution in [3.05, 3.63) is 69.1 Å². The van der Waals surface area contributed by atoms with Gasteiger partial charge in [0.05, 0.1) is 0 Å². The SMILES string of the molecule is CC.Cc1cc(Cc2ccc(F)cc2F)c[nH]c1=O. The lowest BCUT2D eigenvalue weighted by atomic mass is 10.0. The molecule has 1 aromatic heterocycles. The number of halogens is 2. The van der Waals surface area contributed by atoms with Gasteiger partial charge in [-0.1, -0.05) is 19.9 Å². The van der Waals surface area contributed by atoms with Crippen LogP contribution in [0, 0.1) is 18.6 Å². The van der Waals surface area contributed by atoms with E-state index in [4.69, 9.17) is 0 Å². The van der Waals surface area contributed by atoms with Crippen molar-refractivity contribution in [1.29, 1.82) is 0 Å². The van der Waals surface area contributed by atoms with E-state index >= 15 is 0 Å². The van der Waals surface area contributed by atoms with E-state index < -0.39 is 11.6 Å². The molecule has 0 aliphatic heterocycles. The molecule has 0 amide bonds. The summed E-state index contributed by atoms with van der Waals surface area (Å²) in [4.78, 5) is 13.7. The summed E-state index contributed by atoms with van der Waals surface area (Å²) in [5, 5.41) is 0. The van der Waals surface area contributed by atoms with E-state index in [0.717, 1.165) is 11.6 Å². The molecule has 4 heteroatoms. The van der Waals surface area contributed by atoms with Gasteiger partial charge in [0, 0.05) is 24.2 Å². The van der Waals surface area contributed by atoms with Crippen molar-refractivity contribution in [2.45, 2.75) is 27.2 Å². The summed E-state index contributed by atoms with van der Waals surface area (Å²) in [6.45, 7) is 5.68. The maximum Gasteiger partial charge on any atom is 0.250 e. The zero-order chi connectivity index (χ0) is 14.4. The van der Waals surface area contributed by atoms with Crippen molar-refractivity contribution in [2.75, 3.05) is 0 Å². The van der Waals surface area contributed by atoms with Gasteiger partial charge in [-0.05, 0) is 30.2 Å². The summed E-state index contributed by atoms with van der Waals surface area (Å²) in [5.41, 5.74) is 1.60. The van der Waals surface area contributed by atoms with E-state index in [1.165, 1.54) is 18.3 Å². The number of hydrogen-bond donors (Lipinski definition) is 1. The van der Waals surface area contributed by atoms with Crippen LogP contribution in [0.4, 0.5) is 8.78 Å². The Labute approximate surface area is 111 Å². The maximum atomic E-state index is 13.4. The number of aromatic amines is 1. The molecule has 2 nitrogen and oxygen atoms in total. The van der Waals surface area contributed by atoms with Gasteiger partial charge in [-0.15, -0.1) is 0 Å². The zero-order valence-corrected chi connectivity index (χ0v) is 11.3. The monoisotopic (exact) mass is 265 g/mol. The number of aromatic nitrogens is 1. The van der Waals surface area contributed by atoms with Crippen molar-refractivity contribution in [2.24, 2.45) is 0 Å². The van der Waals surface area contributed by atoms with Gasteiger partial charge in [0.1, 0.15) is 11.6 Å². The van der Waals surface area contributed by atoms with Crippen LogP contribution in [0.3, 0.4) is 0 Å². The maximum absolute atomic E-state index is 13.4. The molecule has 0 saturated heterocycles. The standard InChI is InChI=1S/C13H11F2NO.C2H6/c1-8-4-9(7-16-13(8)17)5-10-2-3-11(14)6-12(10)15;1-2/h2-4,6-7H,5H2,1H3,(H,16,17);1-2H3. The predicted octanol–water partition coefficient (Wildman–Crippen LogP) is 3.58. The minimum atomic E-state index is -0.594.